The van der Waals surface area contributed by atoms with Crippen molar-refractivity contribution in [3.63, 3.8) is 0 Å². The van der Waals surface area contributed by atoms with E-state index in [-0.39, 0.29) is 36.5 Å². The van der Waals surface area contributed by atoms with Crippen molar-refractivity contribution in [1.29, 1.82) is 0 Å². The molecule has 0 saturated carbocycles. The summed E-state index contributed by atoms with van der Waals surface area (Å²) >= 11 is 0. The number of para-hydroxylation sites is 1. The van der Waals surface area contributed by atoms with Crippen LogP contribution in [0.5, 0.6) is 5.75 Å². The van der Waals surface area contributed by atoms with E-state index < -0.39 is 24.3 Å². The second-order valence-electron chi connectivity index (χ2n) is 5.73. The van der Waals surface area contributed by atoms with E-state index in [4.69, 9.17) is 4.74 Å². The number of hydrogen-bond acceptors (Lipinski definition) is 3. The highest BCUT2D eigenvalue weighted by molar-refractivity contribution is 5.85. The maximum Gasteiger partial charge on any atom is 0.419 e. The summed E-state index contributed by atoms with van der Waals surface area (Å²) < 4.78 is 43.8. The number of Topliss-reactive ketones (excluding diaryl/α,β-unsaturated/α-hetero) is 1. The van der Waals surface area contributed by atoms with Crippen LogP contribution >= 0.6 is 0 Å². The first kappa shape index (κ1) is 17.3. The van der Waals surface area contributed by atoms with Gasteiger partial charge in [0.15, 0.2) is 6.61 Å². The predicted octanol–water partition coefficient (Wildman–Crippen LogP) is 3.05. The minimum absolute atomic E-state index is 0.0809. The van der Waals surface area contributed by atoms with Crippen molar-refractivity contribution >= 4 is 11.7 Å². The molecule has 0 N–H and O–H groups in total. The first-order valence-electron chi connectivity index (χ1n) is 7.32. The average molecular weight is 329 g/mol. The first-order valence-corrected chi connectivity index (χ1v) is 7.32. The van der Waals surface area contributed by atoms with Gasteiger partial charge in [-0.25, -0.2) is 0 Å². The van der Waals surface area contributed by atoms with Crippen molar-refractivity contribution in [3.05, 3.63) is 29.8 Å². The summed E-state index contributed by atoms with van der Waals surface area (Å²) in [6.45, 7) is 3.00. The Hall–Kier alpha value is -2.05. The Morgan fingerprint density at radius 3 is 2.35 bits per heavy atom. The van der Waals surface area contributed by atoms with Crippen LogP contribution in [0.3, 0.4) is 0 Å². The van der Waals surface area contributed by atoms with Crippen molar-refractivity contribution in [3.8, 4) is 5.75 Å². The molecular formula is C16H18F3NO3. The fraction of sp³-hybridized carbons (Fsp3) is 0.500. The zero-order valence-electron chi connectivity index (χ0n) is 12.9. The molecule has 2 rings (SSSR count). The second kappa shape index (κ2) is 6.60. The van der Waals surface area contributed by atoms with Crippen LogP contribution in [-0.2, 0) is 15.8 Å². The highest BCUT2D eigenvalue weighted by Gasteiger charge is 2.35. The van der Waals surface area contributed by atoms with Crippen LogP contribution in [0.4, 0.5) is 13.2 Å². The smallest absolute Gasteiger partial charge is 0.419 e. The van der Waals surface area contributed by atoms with Crippen molar-refractivity contribution < 1.29 is 27.5 Å². The molecule has 4 nitrogen and oxygen atoms in total. The molecule has 23 heavy (non-hydrogen) atoms. The van der Waals surface area contributed by atoms with E-state index in [0.29, 0.717) is 0 Å². The fourth-order valence-corrected chi connectivity index (χ4v) is 2.91. The maximum atomic E-state index is 12.9. The average Bonchev–Trinajstić information content (AvgIpc) is 2.43. The summed E-state index contributed by atoms with van der Waals surface area (Å²) in [5, 5.41) is 0. The van der Waals surface area contributed by atoms with E-state index in [1.54, 1.807) is 13.8 Å². The van der Waals surface area contributed by atoms with Crippen LogP contribution < -0.4 is 4.74 Å². The lowest BCUT2D eigenvalue weighted by Crippen LogP contribution is -2.51. The quantitative estimate of drug-likeness (QED) is 0.856. The molecule has 126 valence electrons. The molecule has 2 atom stereocenters. The molecule has 0 aliphatic carbocycles. The molecule has 1 amide bonds. The van der Waals surface area contributed by atoms with E-state index in [0.717, 1.165) is 6.07 Å². The summed E-state index contributed by atoms with van der Waals surface area (Å²) in [5.41, 5.74) is -0.914. The Morgan fingerprint density at radius 2 is 1.78 bits per heavy atom. The number of halogens is 3. The number of carbonyl (C=O) groups excluding carboxylic acids is 2. The standard InChI is InChI=1S/C16H18F3NO3/c1-10-7-12(21)8-11(2)20(10)15(22)9-23-14-6-4-3-5-13(14)16(17,18)19/h3-6,10-11H,7-9H2,1-2H3/t10-,11-/m1/s1. The molecule has 1 saturated heterocycles. The number of amides is 1. The van der Waals surface area contributed by atoms with Gasteiger partial charge < -0.3 is 9.64 Å². The monoisotopic (exact) mass is 329 g/mol. The molecule has 0 spiro atoms. The van der Waals surface area contributed by atoms with Gasteiger partial charge in [0.2, 0.25) is 0 Å². The number of ether oxygens (including phenoxy) is 1. The molecule has 7 heteroatoms. The summed E-state index contributed by atoms with van der Waals surface area (Å²) in [6.07, 6.45) is -4.03. The Balaban J connectivity index is 2.07. The molecule has 1 aromatic rings. The summed E-state index contributed by atoms with van der Waals surface area (Å²) in [4.78, 5) is 25.3. The van der Waals surface area contributed by atoms with Crippen molar-refractivity contribution in [1.82, 2.24) is 4.90 Å². The largest absolute Gasteiger partial charge is 0.483 e. The van der Waals surface area contributed by atoms with Gasteiger partial charge in [-0.15, -0.1) is 0 Å². The number of alkyl halides is 3. The Morgan fingerprint density at radius 1 is 1.22 bits per heavy atom. The molecule has 0 bridgehead atoms. The first-order chi connectivity index (χ1) is 10.7. The number of ketones is 1. The van der Waals surface area contributed by atoms with Crippen LogP contribution in [0.15, 0.2) is 24.3 Å². The fourth-order valence-electron chi connectivity index (χ4n) is 2.91. The molecule has 1 aromatic carbocycles. The Kier molecular flexibility index (Phi) is 4.97. The number of piperidine rings is 1. The number of likely N-dealkylation sites (tertiary alicyclic amines) is 1. The van der Waals surface area contributed by atoms with E-state index in [2.05, 4.69) is 0 Å². The molecule has 1 heterocycles. The lowest BCUT2D eigenvalue weighted by atomic mass is 9.96. The zero-order valence-corrected chi connectivity index (χ0v) is 12.9. The van der Waals surface area contributed by atoms with E-state index in [1.165, 1.54) is 23.1 Å². The highest BCUT2D eigenvalue weighted by atomic mass is 19.4. The predicted molar refractivity (Wildman–Crippen MR) is 77.0 cm³/mol. The Labute approximate surface area is 132 Å². The number of rotatable bonds is 3. The van der Waals surface area contributed by atoms with E-state index >= 15 is 0 Å². The normalized spacial score (nSPS) is 22.1. The topological polar surface area (TPSA) is 46.6 Å². The van der Waals surface area contributed by atoms with Gasteiger partial charge in [-0.05, 0) is 26.0 Å². The van der Waals surface area contributed by atoms with Crippen LogP contribution in [0, 0.1) is 0 Å². The van der Waals surface area contributed by atoms with Gasteiger partial charge in [-0.2, -0.15) is 13.2 Å². The minimum atomic E-state index is -4.54. The van der Waals surface area contributed by atoms with Gasteiger partial charge in [-0.3, -0.25) is 9.59 Å². The van der Waals surface area contributed by atoms with E-state index in [1.807, 2.05) is 0 Å². The SMILES string of the molecule is C[C@@H]1CC(=O)C[C@@H](C)N1C(=O)COc1ccccc1C(F)(F)F. The van der Waals surface area contributed by atoms with Crippen molar-refractivity contribution in [2.45, 2.75) is 44.9 Å². The minimum Gasteiger partial charge on any atom is -0.483 e. The molecule has 0 unspecified atom stereocenters. The highest BCUT2D eigenvalue weighted by Crippen LogP contribution is 2.35. The van der Waals surface area contributed by atoms with Crippen molar-refractivity contribution in [2.24, 2.45) is 0 Å². The van der Waals surface area contributed by atoms with Gasteiger partial charge in [0.05, 0.1) is 5.56 Å². The number of nitrogens with zero attached hydrogens (tertiary/aromatic N) is 1. The van der Waals surface area contributed by atoms with Gasteiger partial charge >= 0.3 is 6.18 Å². The van der Waals surface area contributed by atoms with E-state index in [9.17, 15) is 22.8 Å². The van der Waals surface area contributed by atoms with Gasteiger partial charge in [0.25, 0.3) is 5.91 Å². The van der Waals surface area contributed by atoms with Crippen LogP contribution in [0.1, 0.15) is 32.3 Å². The summed E-state index contributed by atoms with van der Waals surface area (Å²) in [5.74, 6) is -0.714. The lowest BCUT2D eigenvalue weighted by molar-refractivity contribution is -0.145. The number of benzene rings is 1. The molecule has 0 aromatic heterocycles. The number of hydrogen-bond donors (Lipinski definition) is 0. The molecule has 0 radical (unpaired) electrons. The number of carbonyl (C=O) groups is 2. The van der Waals surface area contributed by atoms with Crippen LogP contribution in [0.25, 0.3) is 0 Å². The second-order valence-corrected chi connectivity index (χ2v) is 5.73. The summed E-state index contributed by atoms with van der Waals surface area (Å²) in [7, 11) is 0. The molecule has 1 fully saturated rings. The maximum absolute atomic E-state index is 12.9. The summed E-state index contributed by atoms with van der Waals surface area (Å²) in [6, 6.07) is 4.21. The third kappa shape index (κ3) is 4.03. The van der Waals surface area contributed by atoms with Crippen LogP contribution in [-0.4, -0.2) is 35.3 Å². The molecule has 1 aliphatic heterocycles. The third-order valence-corrected chi connectivity index (χ3v) is 3.83. The van der Waals surface area contributed by atoms with Gasteiger partial charge in [0, 0.05) is 24.9 Å². The molecule has 1 aliphatic rings. The Bertz CT molecular complexity index is 586. The lowest BCUT2D eigenvalue weighted by Gasteiger charge is -2.38. The van der Waals surface area contributed by atoms with Crippen LogP contribution in [0.2, 0.25) is 0 Å². The van der Waals surface area contributed by atoms with Gasteiger partial charge in [0.1, 0.15) is 11.5 Å². The van der Waals surface area contributed by atoms with Gasteiger partial charge in [-0.1, -0.05) is 12.1 Å². The molecular weight excluding hydrogens is 311 g/mol. The zero-order chi connectivity index (χ0) is 17.2. The third-order valence-electron chi connectivity index (χ3n) is 3.83. The van der Waals surface area contributed by atoms with Crippen molar-refractivity contribution in [2.75, 3.05) is 6.61 Å².